The third-order valence-corrected chi connectivity index (χ3v) is 7.71. The molecule has 34 heavy (non-hydrogen) atoms. The third-order valence-electron chi connectivity index (χ3n) is 6.88. The number of halogens is 1. The summed E-state index contributed by atoms with van der Waals surface area (Å²) < 4.78 is 10.8. The lowest BCUT2D eigenvalue weighted by molar-refractivity contribution is -0.143. The highest BCUT2D eigenvalue weighted by Gasteiger charge is 2.66. The number of ether oxygens (including phenoxy) is 2. The highest BCUT2D eigenvalue weighted by Crippen LogP contribution is 2.60. The van der Waals surface area contributed by atoms with Crippen molar-refractivity contribution in [2.45, 2.75) is 23.4 Å². The van der Waals surface area contributed by atoms with Crippen LogP contribution in [0.15, 0.2) is 71.2 Å². The topological polar surface area (TPSA) is 96.9 Å². The number of hydrogen-bond donors (Lipinski definition) is 3. The zero-order chi connectivity index (χ0) is 24.0. The van der Waals surface area contributed by atoms with Crippen LogP contribution in [0.5, 0.6) is 11.5 Å². The Hall–Kier alpha value is -3.36. The first-order valence-corrected chi connectivity index (χ1v) is 11.6. The lowest BCUT2D eigenvalue weighted by Gasteiger charge is -2.35. The third kappa shape index (κ3) is 3.05. The fourth-order valence-corrected chi connectivity index (χ4v) is 6.03. The molecule has 0 saturated carbocycles. The highest BCUT2D eigenvalue weighted by molar-refractivity contribution is 9.10. The van der Waals surface area contributed by atoms with Crippen molar-refractivity contribution in [3.8, 4) is 11.5 Å². The first kappa shape index (κ1) is 22.4. The molecule has 2 aliphatic rings. The Morgan fingerprint density at radius 1 is 1.03 bits per heavy atom. The van der Waals surface area contributed by atoms with Crippen LogP contribution in [0, 0.1) is 0 Å². The van der Waals surface area contributed by atoms with E-state index in [0.717, 1.165) is 11.1 Å². The number of esters is 1. The van der Waals surface area contributed by atoms with Gasteiger partial charge in [-0.05, 0) is 44.8 Å². The van der Waals surface area contributed by atoms with Crippen molar-refractivity contribution in [3.63, 3.8) is 0 Å². The molecule has 0 bridgehead atoms. The van der Waals surface area contributed by atoms with Gasteiger partial charge in [0.25, 0.3) is 0 Å². The van der Waals surface area contributed by atoms with E-state index in [1.165, 1.54) is 14.2 Å². The molecule has 1 saturated heterocycles. The SMILES string of the molecule is COC(=O)[C@@H]1N[C@H](c2ccc(OC)c(O)c2Br)[C@]2(C(=O)Nc3ccccc32)[C@H]1c1ccccc1. The summed E-state index contributed by atoms with van der Waals surface area (Å²) >= 11 is 3.50. The normalized spacial score (nSPS) is 25.1. The number of para-hydroxylation sites is 1. The van der Waals surface area contributed by atoms with Crippen LogP contribution in [-0.2, 0) is 19.7 Å². The van der Waals surface area contributed by atoms with Gasteiger partial charge < -0.3 is 19.9 Å². The smallest absolute Gasteiger partial charge is 0.323 e. The first-order chi connectivity index (χ1) is 16.4. The number of carbonyl (C=O) groups excluding carboxylic acids is 2. The van der Waals surface area contributed by atoms with Crippen LogP contribution in [0.4, 0.5) is 5.69 Å². The second kappa shape index (κ2) is 8.45. The predicted octanol–water partition coefficient (Wildman–Crippen LogP) is 4.02. The molecule has 2 heterocycles. The molecule has 3 aromatic rings. The van der Waals surface area contributed by atoms with Gasteiger partial charge in [-0.25, -0.2) is 0 Å². The number of methoxy groups -OCH3 is 2. The van der Waals surface area contributed by atoms with Gasteiger partial charge in [0.15, 0.2) is 11.5 Å². The molecule has 5 rings (SSSR count). The molecule has 0 aromatic heterocycles. The molecule has 1 fully saturated rings. The number of nitrogens with one attached hydrogen (secondary N) is 2. The number of rotatable bonds is 4. The number of hydrogen-bond acceptors (Lipinski definition) is 6. The number of amides is 1. The first-order valence-electron chi connectivity index (χ1n) is 10.8. The van der Waals surface area contributed by atoms with Crippen LogP contribution in [0.3, 0.4) is 0 Å². The number of phenolic OH excluding ortho intramolecular Hbond substituents is 1. The van der Waals surface area contributed by atoms with E-state index in [2.05, 4.69) is 26.6 Å². The minimum Gasteiger partial charge on any atom is -0.503 e. The molecule has 7 nitrogen and oxygen atoms in total. The molecule has 0 radical (unpaired) electrons. The summed E-state index contributed by atoms with van der Waals surface area (Å²) in [5.41, 5.74) is 1.73. The maximum Gasteiger partial charge on any atom is 0.323 e. The summed E-state index contributed by atoms with van der Waals surface area (Å²) in [5, 5.41) is 17.2. The van der Waals surface area contributed by atoms with Crippen molar-refractivity contribution < 1.29 is 24.2 Å². The Balaban J connectivity index is 1.83. The minimum atomic E-state index is -1.19. The van der Waals surface area contributed by atoms with Crippen LogP contribution in [0.1, 0.15) is 28.7 Å². The van der Waals surface area contributed by atoms with E-state index in [0.29, 0.717) is 21.5 Å². The monoisotopic (exact) mass is 522 g/mol. The number of fused-ring (bicyclic) bond motifs is 2. The fraction of sp³-hybridized carbons (Fsp3) is 0.231. The molecular formula is C26H23BrN2O5. The van der Waals surface area contributed by atoms with E-state index < -0.39 is 29.4 Å². The van der Waals surface area contributed by atoms with E-state index in [9.17, 15) is 14.7 Å². The Morgan fingerprint density at radius 2 is 1.74 bits per heavy atom. The molecule has 0 aliphatic carbocycles. The average molecular weight is 523 g/mol. The van der Waals surface area contributed by atoms with E-state index >= 15 is 0 Å². The second-order valence-electron chi connectivity index (χ2n) is 8.38. The molecule has 1 amide bonds. The standard InChI is InChI=1S/C26H23BrN2O5/c1-33-18-13-12-15(20(27)22(18)30)23-26(16-10-6-7-11-17(16)28-25(26)32)19(14-8-4-3-5-9-14)21(29-23)24(31)34-2/h3-13,19,21,23,29-30H,1-2H3,(H,28,32)/t19-,21+,23+,26+/m0/s1. The van der Waals surface area contributed by atoms with E-state index in [1.807, 2.05) is 54.6 Å². The molecular weight excluding hydrogens is 500 g/mol. The van der Waals surface area contributed by atoms with Gasteiger partial charge in [0.05, 0.1) is 24.7 Å². The number of carbonyl (C=O) groups is 2. The number of aromatic hydroxyl groups is 1. The molecule has 2 aliphatic heterocycles. The van der Waals surface area contributed by atoms with Crippen LogP contribution < -0.4 is 15.4 Å². The maximum atomic E-state index is 14.0. The van der Waals surface area contributed by atoms with Gasteiger partial charge in [0.1, 0.15) is 11.5 Å². The summed E-state index contributed by atoms with van der Waals surface area (Å²) in [6, 6.07) is 19.0. The van der Waals surface area contributed by atoms with E-state index in [4.69, 9.17) is 9.47 Å². The zero-order valence-electron chi connectivity index (χ0n) is 18.5. The van der Waals surface area contributed by atoms with Gasteiger partial charge in [0.2, 0.25) is 5.91 Å². The van der Waals surface area contributed by atoms with Gasteiger partial charge in [-0.15, -0.1) is 0 Å². The molecule has 3 N–H and O–H groups in total. The largest absolute Gasteiger partial charge is 0.503 e. The van der Waals surface area contributed by atoms with Crippen molar-refractivity contribution in [3.05, 3.63) is 87.9 Å². The molecule has 3 aromatic carbocycles. The van der Waals surface area contributed by atoms with Gasteiger partial charge in [-0.2, -0.15) is 0 Å². The number of phenols is 1. The van der Waals surface area contributed by atoms with Gasteiger partial charge in [-0.1, -0.05) is 54.6 Å². The Kier molecular flexibility index (Phi) is 5.58. The summed E-state index contributed by atoms with van der Waals surface area (Å²) in [6.45, 7) is 0. The number of benzene rings is 3. The van der Waals surface area contributed by atoms with Crippen molar-refractivity contribution in [2.24, 2.45) is 0 Å². The second-order valence-corrected chi connectivity index (χ2v) is 9.17. The maximum absolute atomic E-state index is 14.0. The van der Waals surface area contributed by atoms with Gasteiger partial charge in [0, 0.05) is 11.6 Å². The van der Waals surface area contributed by atoms with Crippen molar-refractivity contribution in [2.75, 3.05) is 19.5 Å². The Bertz CT molecular complexity index is 1280. The molecule has 0 unspecified atom stereocenters. The van der Waals surface area contributed by atoms with E-state index in [-0.39, 0.29) is 11.7 Å². The summed E-state index contributed by atoms with van der Waals surface area (Å²) in [5.74, 6) is -1.06. The predicted molar refractivity (Wildman–Crippen MR) is 130 cm³/mol. The van der Waals surface area contributed by atoms with E-state index in [1.54, 1.807) is 12.1 Å². The lowest BCUT2D eigenvalue weighted by Crippen LogP contribution is -2.44. The minimum absolute atomic E-state index is 0.0820. The fourth-order valence-electron chi connectivity index (χ4n) is 5.48. The summed E-state index contributed by atoms with van der Waals surface area (Å²) in [7, 11) is 2.81. The summed E-state index contributed by atoms with van der Waals surface area (Å²) in [6.07, 6.45) is 0. The van der Waals surface area contributed by atoms with Crippen LogP contribution in [0.2, 0.25) is 0 Å². The van der Waals surface area contributed by atoms with Crippen LogP contribution in [0.25, 0.3) is 0 Å². The summed E-state index contributed by atoms with van der Waals surface area (Å²) in [4.78, 5) is 27.1. The number of anilines is 1. The van der Waals surface area contributed by atoms with Crippen molar-refractivity contribution in [1.29, 1.82) is 0 Å². The molecule has 8 heteroatoms. The van der Waals surface area contributed by atoms with Crippen molar-refractivity contribution >= 4 is 33.5 Å². The quantitative estimate of drug-likeness (QED) is 0.447. The average Bonchev–Trinajstić information content (AvgIpc) is 3.37. The molecule has 4 atom stereocenters. The lowest BCUT2D eigenvalue weighted by atomic mass is 9.63. The van der Waals surface area contributed by atoms with Crippen LogP contribution >= 0.6 is 15.9 Å². The Morgan fingerprint density at radius 3 is 2.44 bits per heavy atom. The van der Waals surface area contributed by atoms with Gasteiger partial charge in [-0.3, -0.25) is 14.9 Å². The molecule has 174 valence electrons. The van der Waals surface area contributed by atoms with Crippen LogP contribution in [-0.4, -0.2) is 37.2 Å². The highest BCUT2D eigenvalue weighted by atomic mass is 79.9. The van der Waals surface area contributed by atoms with Gasteiger partial charge >= 0.3 is 5.97 Å². The molecule has 1 spiro atoms. The Labute approximate surface area is 205 Å². The van der Waals surface area contributed by atoms with Crippen molar-refractivity contribution in [1.82, 2.24) is 5.32 Å². The zero-order valence-corrected chi connectivity index (χ0v) is 20.1.